The molecule has 3 rings (SSSR count). The molecular formula is C18H25FN4OS. The Bertz CT molecular complexity index is 761. The van der Waals surface area contributed by atoms with E-state index >= 15 is 0 Å². The number of anilines is 1. The Morgan fingerprint density at radius 2 is 2.28 bits per heavy atom. The zero-order valence-corrected chi connectivity index (χ0v) is 15.8. The second kappa shape index (κ2) is 7.76. The molecule has 136 valence electrons. The predicted octanol–water partition coefficient (Wildman–Crippen LogP) is 2.96. The lowest BCUT2D eigenvalue weighted by Crippen LogP contribution is -2.43. The highest BCUT2D eigenvalue weighted by atomic mass is 32.1. The van der Waals surface area contributed by atoms with Crippen molar-refractivity contribution in [2.24, 2.45) is 5.92 Å². The Balaban J connectivity index is 1.64. The summed E-state index contributed by atoms with van der Waals surface area (Å²) in [5.41, 5.74) is 1.19. The van der Waals surface area contributed by atoms with Gasteiger partial charge in [-0.25, -0.2) is 9.37 Å². The molecule has 1 amide bonds. The summed E-state index contributed by atoms with van der Waals surface area (Å²) in [6, 6.07) is 3.37. The number of likely N-dealkylation sites (tertiary alicyclic amines) is 1. The SMILES string of the molecule is Cc1cc(F)c2nc(NC(=O)C3CCCN(CCN(C)C)C3)sc2c1. The fraction of sp³-hybridized carbons (Fsp3) is 0.556. The summed E-state index contributed by atoms with van der Waals surface area (Å²) in [5, 5.41) is 3.38. The van der Waals surface area contributed by atoms with E-state index in [1.165, 1.54) is 17.4 Å². The topological polar surface area (TPSA) is 48.5 Å². The quantitative estimate of drug-likeness (QED) is 0.886. The van der Waals surface area contributed by atoms with Gasteiger partial charge >= 0.3 is 0 Å². The number of carbonyl (C=O) groups excluding carboxylic acids is 1. The summed E-state index contributed by atoms with van der Waals surface area (Å²) in [6.45, 7) is 5.64. The van der Waals surface area contributed by atoms with Crippen molar-refractivity contribution in [2.75, 3.05) is 45.6 Å². The van der Waals surface area contributed by atoms with Gasteiger partial charge in [0, 0.05) is 19.6 Å². The minimum atomic E-state index is -0.334. The van der Waals surface area contributed by atoms with E-state index in [1.807, 2.05) is 13.0 Å². The monoisotopic (exact) mass is 364 g/mol. The number of hydrogen-bond acceptors (Lipinski definition) is 5. The van der Waals surface area contributed by atoms with Crippen molar-refractivity contribution >= 4 is 32.6 Å². The number of fused-ring (bicyclic) bond motifs is 1. The van der Waals surface area contributed by atoms with Crippen LogP contribution in [0.4, 0.5) is 9.52 Å². The molecule has 0 radical (unpaired) electrons. The lowest BCUT2D eigenvalue weighted by molar-refractivity contribution is -0.121. The molecule has 1 aliphatic rings. The molecule has 2 heterocycles. The molecular weight excluding hydrogens is 339 g/mol. The highest BCUT2D eigenvalue weighted by molar-refractivity contribution is 7.22. The lowest BCUT2D eigenvalue weighted by Gasteiger charge is -2.32. The summed E-state index contributed by atoms with van der Waals surface area (Å²) in [7, 11) is 4.12. The van der Waals surface area contributed by atoms with E-state index < -0.39 is 0 Å². The van der Waals surface area contributed by atoms with E-state index in [0.29, 0.717) is 10.6 Å². The van der Waals surface area contributed by atoms with Crippen LogP contribution < -0.4 is 5.32 Å². The molecule has 25 heavy (non-hydrogen) atoms. The molecule has 1 atom stereocenters. The molecule has 1 N–H and O–H groups in total. The molecule has 0 saturated carbocycles. The number of rotatable bonds is 5. The first kappa shape index (κ1) is 18.2. The number of amides is 1. The number of hydrogen-bond donors (Lipinski definition) is 1. The molecule has 1 unspecified atom stereocenters. The van der Waals surface area contributed by atoms with Crippen LogP contribution in [0.25, 0.3) is 10.2 Å². The van der Waals surface area contributed by atoms with E-state index in [1.54, 1.807) is 0 Å². The van der Waals surface area contributed by atoms with Crippen LogP contribution in [0.5, 0.6) is 0 Å². The van der Waals surface area contributed by atoms with E-state index in [9.17, 15) is 9.18 Å². The minimum Gasteiger partial charge on any atom is -0.308 e. The third-order valence-corrected chi connectivity index (χ3v) is 5.48. The third-order valence-electron chi connectivity index (χ3n) is 4.56. The van der Waals surface area contributed by atoms with Gasteiger partial charge in [-0.2, -0.15) is 0 Å². The third kappa shape index (κ3) is 4.54. The molecule has 1 aromatic carbocycles. The minimum absolute atomic E-state index is 0.00857. The molecule has 1 fully saturated rings. The average molecular weight is 364 g/mol. The number of nitrogens with zero attached hydrogens (tertiary/aromatic N) is 3. The first-order valence-corrected chi connectivity index (χ1v) is 9.48. The summed E-state index contributed by atoms with van der Waals surface area (Å²) in [6.07, 6.45) is 1.92. The highest BCUT2D eigenvalue weighted by Crippen LogP contribution is 2.29. The number of nitrogens with one attached hydrogen (secondary N) is 1. The van der Waals surface area contributed by atoms with Crippen molar-refractivity contribution in [3.05, 3.63) is 23.5 Å². The Morgan fingerprint density at radius 1 is 1.48 bits per heavy atom. The molecule has 1 saturated heterocycles. The Kier molecular flexibility index (Phi) is 5.66. The van der Waals surface area contributed by atoms with Gasteiger partial charge in [0.1, 0.15) is 5.52 Å². The smallest absolute Gasteiger partial charge is 0.230 e. The number of carbonyl (C=O) groups is 1. The number of likely N-dealkylation sites (N-methyl/N-ethyl adjacent to an activating group) is 1. The molecule has 0 aliphatic carbocycles. The number of piperidine rings is 1. The fourth-order valence-corrected chi connectivity index (χ4v) is 4.17. The van der Waals surface area contributed by atoms with Gasteiger partial charge in [0.25, 0.3) is 0 Å². The summed E-state index contributed by atoms with van der Waals surface area (Å²) in [5.74, 6) is -0.375. The van der Waals surface area contributed by atoms with Gasteiger partial charge in [-0.1, -0.05) is 11.3 Å². The first-order chi connectivity index (χ1) is 11.9. The predicted molar refractivity (Wildman–Crippen MR) is 101 cm³/mol. The van der Waals surface area contributed by atoms with E-state index in [4.69, 9.17) is 0 Å². The maximum Gasteiger partial charge on any atom is 0.230 e. The lowest BCUT2D eigenvalue weighted by atomic mass is 9.97. The molecule has 5 nitrogen and oxygen atoms in total. The average Bonchev–Trinajstić information content (AvgIpc) is 2.96. The van der Waals surface area contributed by atoms with Crippen molar-refractivity contribution in [3.8, 4) is 0 Å². The molecule has 7 heteroatoms. The normalized spacial score (nSPS) is 18.8. The standard InChI is InChI=1S/C18H25FN4OS/c1-12-9-14(19)16-15(10-12)25-18(20-16)21-17(24)13-5-4-6-23(11-13)8-7-22(2)3/h9-10,13H,4-8,11H2,1-3H3,(H,20,21,24). The van der Waals surface area contributed by atoms with Crippen molar-refractivity contribution in [1.82, 2.24) is 14.8 Å². The summed E-state index contributed by atoms with van der Waals surface area (Å²) < 4.78 is 14.7. The molecule has 0 bridgehead atoms. The van der Waals surface area contributed by atoms with Crippen molar-refractivity contribution in [3.63, 3.8) is 0 Å². The number of thiazole rings is 1. The van der Waals surface area contributed by atoms with Gasteiger partial charge in [0.05, 0.1) is 10.6 Å². The number of aryl methyl sites for hydroxylation is 1. The van der Waals surface area contributed by atoms with Crippen LogP contribution in [-0.4, -0.2) is 61.0 Å². The van der Waals surface area contributed by atoms with Crippen LogP contribution in [0.2, 0.25) is 0 Å². The summed E-state index contributed by atoms with van der Waals surface area (Å²) >= 11 is 1.33. The Labute approximate surface area is 151 Å². The first-order valence-electron chi connectivity index (χ1n) is 8.67. The van der Waals surface area contributed by atoms with Gasteiger partial charge in [-0.05, 0) is 58.1 Å². The van der Waals surface area contributed by atoms with Crippen LogP contribution >= 0.6 is 11.3 Å². The Morgan fingerprint density at radius 3 is 3.04 bits per heavy atom. The zero-order chi connectivity index (χ0) is 18.0. The number of aromatic nitrogens is 1. The van der Waals surface area contributed by atoms with Crippen LogP contribution in [0.15, 0.2) is 12.1 Å². The molecule has 0 spiro atoms. The maximum absolute atomic E-state index is 14.0. The van der Waals surface area contributed by atoms with Crippen LogP contribution in [0.1, 0.15) is 18.4 Å². The van der Waals surface area contributed by atoms with Gasteiger partial charge in [-0.15, -0.1) is 0 Å². The van der Waals surface area contributed by atoms with Crippen molar-refractivity contribution in [1.29, 1.82) is 0 Å². The van der Waals surface area contributed by atoms with Crippen LogP contribution in [-0.2, 0) is 4.79 Å². The Hall–Kier alpha value is -1.57. The van der Waals surface area contributed by atoms with Crippen molar-refractivity contribution in [2.45, 2.75) is 19.8 Å². The number of benzene rings is 1. The van der Waals surface area contributed by atoms with Crippen molar-refractivity contribution < 1.29 is 9.18 Å². The van der Waals surface area contributed by atoms with E-state index in [-0.39, 0.29) is 17.6 Å². The fourth-order valence-electron chi connectivity index (χ4n) is 3.19. The number of halogens is 1. The van der Waals surface area contributed by atoms with Crippen LogP contribution in [0.3, 0.4) is 0 Å². The second-order valence-electron chi connectivity index (χ2n) is 7.04. The van der Waals surface area contributed by atoms with Crippen LogP contribution in [0, 0.1) is 18.7 Å². The van der Waals surface area contributed by atoms with Gasteiger partial charge in [0.2, 0.25) is 5.91 Å². The van der Waals surface area contributed by atoms with E-state index in [0.717, 1.165) is 49.3 Å². The van der Waals surface area contributed by atoms with Gasteiger partial charge in [0.15, 0.2) is 10.9 Å². The molecule has 1 aromatic heterocycles. The highest BCUT2D eigenvalue weighted by Gasteiger charge is 2.26. The zero-order valence-electron chi connectivity index (χ0n) is 15.0. The van der Waals surface area contributed by atoms with E-state index in [2.05, 4.69) is 34.2 Å². The molecule has 1 aliphatic heterocycles. The second-order valence-corrected chi connectivity index (χ2v) is 8.08. The maximum atomic E-state index is 14.0. The largest absolute Gasteiger partial charge is 0.308 e. The molecule has 2 aromatic rings. The van der Waals surface area contributed by atoms with Gasteiger partial charge in [-0.3, -0.25) is 4.79 Å². The summed E-state index contributed by atoms with van der Waals surface area (Å²) in [4.78, 5) is 21.4. The van der Waals surface area contributed by atoms with Gasteiger partial charge < -0.3 is 15.1 Å².